The van der Waals surface area contributed by atoms with Crippen LogP contribution in [0.5, 0.6) is 0 Å². The molecule has 0 bridgehead atoms. The van der Waals surface area contributed by atoms with Crippen molar-refractivity contribution in [3.63, 3.8) is 0 Å². The highest BCUT2D eigenvalue weighted by Crippen LogP contribution is 2.10. The first kappa shape index (κ1) is 8.83. The zero-order valence-electron chi connectivity index (χ0n) is 7.70. The molecule has 1 aromatic rings. The Morgan fingerprint density at radius 3 is 2.67 bits per heavy atom. The second kappa shape index (κ2) is 3.42. The van der Waals surface area contributed by atoms with Gasteiger partial charge in [0.25, 0.3) is 0 Å². The van der Waals surface area contributed by atoms with Crippen LogP contribution in [-0.4, -0.2) is 21.3 Å². The van der Waals surface area contributed by atoms with Crippen LogP contribution in [0.4, 0.5) is 11.9 Å². The predicted octanol–water partition coefficient (Wildman–Crippen LogP) is 0.873. The molecular formula is C7H15N5. The summed E-state index contributed by atoms with van der Waals surface area (Å²) in [6.45, 7) is 6.83. The number of nitrogen functional groups attached to an aromatic ring is 1. The van der Waals surface area contributed by atoms with Gasteiger partial charge < -0.3 is 11.1 Å². The van der Waals surface area contributed by atoms with E-state index >= 15 is 0 Å². The third-order valence-electron chi connectivity index (χ3n) is 1.48. The lowest BCUT2D eigenvalue weighted by molar-refractivity contribution is 0.541. The highest BCUT2D eigenvalue weighted by Gasteiger charge is 2.07. The summed E-state index contributed by atoms with van der Waals surface area (Å²) in [5.74, 6) is 1.06. The molecule has 1 rings (SSSR count). The number of nitrogens with two attached hydrogens (primary N) is 1. The highest BCUT2D eigenvalue weighted by atomic mass is 15.4. The SMILES string of the molecule is CCNc1nc(N)n(C(C)C)n1. The van der Waals surface area contributed by atoms with Gasteiger partial charge in [-0.1, -0.05) is 0 Å². The largest absolute Gasteiger partial charge is 0.368 e. The van der Waals surface area contributed by atoms with Gasteiger partial charge in [-0.15, -0.1) is 5.10 Å². The first-order valence-electron chi connectivity index (χ1n) is 4.11. The van der Waals surface area contributed by atoms with Gasteiger partial charge in [0, 0.05) is 6.54 Å². The number of anilines is 2. The molecule has 0 aliphatic heterocycles. The van der Waals surface area contributed by atoms with Crippen LogP contribution >= 0.6 is 0 Å². The van der Waals surface area contributed by atoms with Crippen molar-refractivity contribution in [1.82, 2.24) is 14.8 Å². The molecular weight excluding hydrogens is 154 g/mol. The summed E-state index contributed by atoms with van der Waals surface area (Å²) in [6, 6.07) is 0.255. The normalized spacial score (nSPS) is 10.7. The molecule has 12 heavy (non-hydrogen) atoms. The van der Waals surface area contributed by atoms with Crippen LogP contribution in [0.1, 0.15) is 26.8 Å². The van der Waals surface area contributed by atoms with Gasteiger partial charge in [0.1, 0.15) is 0 Å². The van der Waals surface area contributed by atoms with Crippen LogP contribution < -0.4 is 11.1 Å². The second-order valence-corrected chi connectivity index (χ2v) is 2.86. The van der Waals surface area contributed by atoms with E-state index in [9.17, 15) is 0 Å². The fourth-order valence-corrected chi connectivity index (χ4v) is 0.948. The van der Waals surface area contributed by atoms with Crippen LogP contribution in [0.3, 0.4) is 0 Å². The molecule has 5 nitrogen and oxygen atoms in total. The Bertz CT molecular complexity index is 252. The minimum atomic E-state index is 0.255. The zero-order chi connectivity index (χ0) is 9.14. The molecule has 0 radical (unpaired) electrons. The van der Waals surface area contributed by atoms with E-state index in [1.165, 1.54) is 0 Å². The van der Waals surface area contributed by atoms with Gasteiger partial charge in [-0.25, -0.2) is 4.68 Å². The topological polar surface area (TPSA) is 68.8 Å². The quantitative estimate of drug-likeness (QED) is 0.704. The molecule has 0 saturated heterocycles. The van der Waals surface area contributed by atoms with Crippen molar-refractivity contribution in [1.29, 1.82) is 0 Å². The Hall–Kier alpha value is -1.26. The molecule has 0 saturated carbocycles. The molecule has 0 fully saturated rings. The molecule has 0 aliphatic rings. The predicted molar refractivity (Wildman–Crippen MR) is 49.0 cm³/mol. The summed E-state index contributed by atoms with van der Waals surface area (Å²) in [4.78, 5) is 4.04. The van der Waals surface area contributed by atoms with Crippen LogP contribution in [0.25, 0.3) is 0 Å². The Balaban J connectivity index is 2.85. The van der Waals surface area contributed by atoms with Crippen LogP contribution in [-0.2, 0) is 0 Å². The van der Waals surface area contributed by atoms with E-state index in [-0.39, 0.29) is 6.04 Å². The third-order valence-corrected chi connectivity index (χ3v) is 1.48. The van der Waals surface area contributed by atoms with Gasteiger partial charge in [0.2, 0.25) is 11.9 Å². The van der Waals surface area contributed by atoms with Crippen molar-refractivity contribution in [2.45, 2.75) is 26.8 Å². The number of nitrogens with zero attached hydrogens (tertiary/aromatic N) is 3. The van der Waals surface area contributed by atoms with E-state index in [1.807, 2.05) is 20.8 Å². The first-order valence-corrected chi connectivity index (χ1v) is 4.11. The Morgan fingerprint density at radius 1 is 1.58 bits per heavy atom. The zero-order valence-corrected chi connectivity index (χ0v) is 7.70. The van der Waals surface area contributed by atoms with Crippen molar-refractivity contribution in [3.05, 3.63) is 0 Å². The standard InChI is InChI=1S/C7H15N5/c1-4-9-7-10-6(8)12(11-7)5(2)3/h5H,4H2,1-3H3,(H3,8,9,10,11). The van der Waals surface area contributed by atoms with Gasteiger partial charge in [-0.05, 0) is 20.8 Å². The fraction of sp³-hybridized carbons (Fsp3) is 0.714. The van der Waals surface area contributed by atoms with Crippen molar-refractivity contribution >= 4 is 11.9 Å². The summed E-state index contributed by atoms with van der Waals surface area (Å²) < 4.78 is 1.69. The summed E-state index contributed by atoms with van der Waals surface area (Å²) in [7, 11) is 0. The Morgan fingerprint density at radius 2 is 2.25 bits per heavy atom. The molecule has 5 heteroatoms. The van der Waals surface area contributed by atoms with Gasteiger partial charge in [0.05, 0.1) is 6.04 Å². The van der Waals surface area contributed by atoms with Crippen molar-refractivity contribution in [3.8, 4) is 0 Å². The molecule has 0 aliphatic carbocycles. The maximum absolute atomic E-state index is 5.62. The van der Waals surface area contributed by atoms with Gasteiger partial charge in [0.15, 0.2) is 0 Å². The molecule has 3 N–H and O–H groups in total. The Labute approximate surface area is 72.0 Å². The van der Waals surface area contributed by atoms with E-state index in [2.05, 4.69) is 15.4 Å². The van der Waals surface area contributed by atoms with E-state index in [0.717, 1.165) is 6.54 Å². The van der Waals surface area contributed by atoms with Gasteiger partial charge >= 0.3 is 0 Å². The lowest BCUT2D eigenvalue weighted by Crippen LogP contribution is -2.07. The minimum absolute atomic E-state index is 0.255. The third kappa shape index (κ3) is 1.66. The average molecular weight is 169 g/mol. The molecule has 0 aromatic carbocycles. The summed E-state index contributed by atoms with van der Waals surface area (Å²) in [5.41, 5.74) is 5.62. The molecule has 0 amide bonds. The van der Waals surface area contributed by atoms with Crippen LogP contribution in [0.2, 0.25) is 0 Å². The van der Waals surface area contributed by atoms with Crippen molar-refractivity contribution in [2.24, 2.45) is 0 Å². The average Bonchev–Trinajstić information content (AvgIpc) is 2.32. The van der Waals surface area contributed by atoms with E-state index in [0.29, 0.717) is 11.9 Å². The smallest absolute Gasteiger partial charge is 0.243 e. The maximum atomic E-state index is 5.62. The molecule has 0 atom stereocenters. The second-order valence-electron chi connectivity index (χ2n) is 2.86. The number of hydrogen-bond donors (Lipinski definition) is 2. The lowest BCUT2D eigenvalue weighted by atomic mass is 10.4. The monoisotopic (exact) mass is 169 g/mol. The lowest BCUT2D eigenvalue weighted by Gasteiger charge is -2.04. The maximum Gasteiger partial charge on any atom is 0.243 e. The van der Waals surface area contributed by atoms with E-state index in [1.54, 1.807) is 4.68 Å². The summed E-state index contributed by atoms with van der Waals surface area (Å²) in [6.07, 6.45) is 0. The van der Waals surface area contributed by atoms with Crippen LogP contribution in [0, 0.1) is 0 Å². The number of rotatable bonds is 3. The molecule has 0 unspecified atom stereocenters. The number of hydrogen-bond acceptors (Lipinski definition) is 4. The number of nitrogens with one attached hydrogen (secondary N) is 1. The molecule has 1 heterocycles. The highest BCUT2D eigenvalue weighted by molar-refractivity contribution is 5.31. The van der Waals surface area contributed by atoms with Crippen molar-refractivity contribution in [2.75, 3.05) is 17.6 Å². The van der Waals surface area contributed by atoms with E-state index < -0.39 is 0 Å². The number of aromatic nitrogens is 3. The van der Waals surface area contributed by atoms with E-state index in [4.69, 9.17) is 5.73 Å². The van der Waals surface area contributed by atoms with Gasteiger partial charge in [-0.2, -0.15) is 4.98 Å². The van der Waals surface area contributed by atoms with Crippen molar-refractivity contribution < 1.29 is 0 Å². The van der Waals surface area contributed by atoms with Gasteiger partial charge in [-0.3, -0.25) is 0 Å². The molecule has 1 aromatic heterocycles. The summed E-state index contributed by atoms with van der Waals surface area (Å²) in [5, 5.41) is 7.17. The fourth-order valence-electron chi connectivity index (χ4n) is 0.948. The van der Waals surface area contributed by atoms with Crippen LogP contribution in [0.15, 0.2) is 0 Å². The Kier molecular flexibility index (Phi) is 2.52. The minimum Gasteiger partial charge on any atom is -0.368 e. The summed E-state index contributed by atoms with van der Waals surface area (Å²) >= 11 is 0. The first-order chi connectivity index (χ1) is 5.65. The molecule has 68 valence electrons. The molecule has 0 spiro atoms.